The van der Waals surface area contributed by atoms with Gasteiger partial charge in [-0.05, 0) is 72.8 Å². The number of methoxy groups -OCH3 is 3. The number of aliphatic hydroxyl groups is 1. The molecule has 0 aromatic rings. The Morgan fingerprint density at radius 2 is 0.818 bits per heavy atom. The number of aliphatic hydroxyl groups excluding tert-OH is 1. The minimum atomic E-state index is -0.606. The van der Waals surface area contributed by atoms with Crippen LogP contribution in [0, 0.1) is 0 Å². The van der Waals surface area contributed by atoms with Crippen molar-refractivity contribution in [2.24, 2.45) is 0 Å². The van der Waals surface area contributed by atoms with E-state index in [-0.39, 0.29) is 76.6 Å². The highest BCUT2D eigenvalue weighted by Crippen LogP contribution is 2.08. The maximum atomic E-state index is 12.3. The predicted molar refractivity (Wildman–Crippen MR) is 202 cm³/mol. The number of carbonyl (C=O) groups is 5. The van der Waals surface area contributed by atoms with Gasteiger partial charge in [-0.1, -0.05) is 0 Å². The molecule has 0 atom stereocenters. The summed E-state index contributed by atoms with van der Waals surface area (Å²) in [7, 11) is 4.59. The first-order valence-electron chi connectivity index (χ1n) is 19.2. The molecule has 0 saturated carbocycles. The Kier molecular flexibility index (Phi) is 32.2. The number of rotatable bonds is 35. The van der Waals surface area contributed by atoms with Crippen LogP contribution in [0.25, 0.3) is 0 Å². The molecule has 0 aliphatic heterocycles. The highest BCUT2D eigenvalue weighted by atomic mass is 16.6. The number of alkyl carbamates (subject to hydrolysis) is 1. The van der Waals surface area contributed by atoms with Gasteiger partial charge in [0.25, 0.3) is 0 Å². The lowest BCUT2D eigenvalue weighted by Gasteiger charge is -2.27. The van der Waals surface area contributed by atoms with Crippen molar-refractivity contribution in [2.75, 3.05) is 140 Å². The fourth-order valence-electron chi connectivity index (χ4n) is 5.01. The molecule has 0 rings (SSSR count). The summed E-state index contributed by atoms with van der Waals surface area (Å²) in [6, 6.07) is 0. The quantitative estimate of drug-likeness (QED) is 0.0527. The van der Waals surface area contributed by atoms with Gasteiger partial charge in [0.2, 0.25) is 0 Å². The molecule has 55 heavy (non-hydrogen) atoms. The fourth-order valence-corrected chi connectivity index (χ4v) is 5.01. The summed E-state index contributed by atoms with van der Waals surface area (Å²) >= 11 is 0. The second kappa shape index (κ2) is 34.1. The molecule has 0 spiro atoms. The highest BCUT2D eigenvalue weighted by Gasteiger charge is 2.18. The van der Waals surface area contributed by atoms with Crippen molar-refractivity contribution < 1.29 is 67.0 Å². The van der Waals surface area contributed by atoms with Crippen LogP contribution in [-0.2, 0) is 57.1 Å². The first-order chi connectivity index (χ1) is 26.3. The first kappa shape index (κ1) is 51.9. The van der Waals surface area contributed by atoms with Crippen LogP contribution in [0.5, 0.6) is 0 Å². The summed E-state index contributed by atoms with van der Waals surface area (Å²) in [5, 5.41) is 11.8. The van der Waals surface area contributed by atoms with Crippen molar-refractivity contribution in [3.05, 3.63) is 0 Å². The van der Waals surface area contributed by atoms with E-state index < -0.39 is 17.7 Å². The van der Waals surface area contributed by atoms with Crippen LogP contribution >= 0.6 is 0 Å². The van der Waals surface area contributed by atoms with E-state index in [1.807, 2.05) is 9.80 Å². The zero-order valence-electron chi connectivity index (χ0n) is 34.3. The maximum Gasteiger partial charge on any atom is 0.407 e. The van der Waals surface area contributed by atoms with Crippen molar-refractivity contribution in [3.8, 4) is 0 Å². The third-order valence-corrected chi connectivity index (χ3v) is 7.75. The molecule has 0 bridgehead atoms. The topological polar surface area (TPSA) is 201 Å². The number of esters is 4. The number of hydrogen-bond acceptors (Lipinski definition) is 17. The molecule has 322 valence electrons. The zero-order valence-corrected chi connectivity index (χ0v) is 34.3. The molecule has 0 saturated heterocycles. The number of ether oxygens (including phenoxy) is 8. The minimum Gasteiger partial charge on any atom is -0.463 e. The van der Waals surface area contributed by atoms with Gasteiger partial charge < -0.3 is 63.0 Å². The van der Waals surface area contributed by atoms with Crippen LogP contribution in [0.15, 0.2) is 0 Å². The molecule has 0 radical (unpaired) electrons. The normalized spacial score (nSPS) is 11.5. The van der Waals surface area contributed by atoms with Gasteiger partial charge in [-0.25, -0.2) is 4.79 Å². The smallest absolute Gasteiger partial charge is 0.407 e. The van der Waals surface area contributed by atoms with Gasteiger partial charge in [0.05, 0.1) is 52.1 Å². The third kappa shape index (κ3) is 33.9. The van der Waals surface area contributed by atoms with E-state index in [0.717, 1.165) is 6.42 Å². The molecule has 0 aromatic heterocycles. The molecule has 0 aliphatic rings. The molecule has 0 aliphatic carbocycles. The number of hydrogen-bond donors (Lipinski definition) is 2. The van der Waals surface area contributed by atoms with Crippen molar-refractivity contribution in [1.82, 2.24) is 20.0 Å². The monoisotopic (exact) mass is 794 g/mol. The number of nitrogens with zero attached hydrogens (tertiary/aromatic N) is 3. The largest absolute Gasteiger partial charge is 0.463 e. The van der Waals surface area contributed by atoms with Gasteiger partial charge in [-0.15, -0.1) is 0 Å². The van der Waals surface area contributed by atoms with Crippen LogP contribution in [0.1, 0.15) is 65.7 Å². The highest BCUT2D eigenvalue weighted by molar-refractivity contribution is 5.71. The van der Waals surface area contributed by atoms with Crippen LogP contribution in [0.4, 0.5) is 4.79 Å². The SMILES string of the molecule is COCCOC(=O)CCN(CCCN(CCCNC(=O)OC(C)(C)C)CCCN(CCC(=O)OCCOC)CCC(=O)OCCOC)CCC(=O)OCCO. The Hall–Kier alpha value is -3.13. The Labute approximate surface area is 327 Å². The van der Waals surface area contributed by atoms with Crippen LogP contribution in [0.3, 0.4) is 0 Å². The fraction of sp³-hybridized carbons (Fsp3) is 0.865. The number of carbonyl (C=O) groups excluding carboxylic acids is 5. The predicted octanol–water partition coefficient (Wildman–Crippen LogP) is 1.25. The van der Waals surface area contributed by atoms with Crippen molar-refractivity contribution in [3.63, 3.8) is 0 Å². The van der Waals surface area contributed by atoms with Gasteiger partial charge in [0.1, 0.15) is 32.0 Å². The molecule has 18 heteroatoms. The van der Waals surface area contributed by atoms with Crippen LogP contribution in [0.2, 0.25) is 0 Å². The number of amides is 1. The van der Waals surface area contributed by atoms with E-state index in [9.17, 15) is 24.0 Å². The summed E-state index contributed by atoms with van der Waals surface area (Å²) in [6.45, 7) is 11.7. The molecule has 0 aromatic carbocycles. The first-order valence-corrected chi connectivity index (χ1v) is 19.2. The average Bonchev–Trinajstić information content (AvgIpc) is 3.13. The molecule has 18 nitrogen and oxygen atoms in total. The molecule has 0 heterocycles. The Balaban J connectivity index is 5.52. The van der Waals surface area contributed by atoms with E-state index >= 15 is 0 Å². The van der Waals surface area contributed by atoms with Gasteiger partial charge >= 0.3 is 30.0 Å². The lowest BCUT2D eigenvalue weighted by molar-refractivity contribution is -0.147. The summed E-state index contributed by atoms with van der Waals surface area (Å²) in [4.78, 5) is 67.6. The summed E-state index contributed by atoms with van der Waals surface area (Å²) < 4.78 is 40.8. The van der Waals surface area contributed by atoms with Gasteiger partial charge in [0, 0.05) is 54.1 Å². The molecular weight excluding hydrogens is 724 g/mol. The Bertz CT molecular complexity index is 1000. The standard InChI is InChI=1S/C37H70N4O14/c1-37(2,3)55-36(47)38-14-7-15-39(16-8-18-40(20-10-32(43)51-25-24-42)21-11-33(44)52-29-26-48-4)17-9-19-41(22-12-34(45)53-30-27-49-5)23-13-35(46)54-31-28-50-6/h42H,7-31H2,1-6H3,(H,38,47). The molecule has 0 unspecified atom stereocenters. The molecule has 1 amide bonds. The average molecular weight is 795 g/mol. The summed E-state index contributed by atoms with van der Waals surface area (Å²) in [5.41, 5.74) is -0.606. The van der Waals surface area contributed by atoms with Crippen molar-refractivity contribution in [1.29, 1.82) is 0 Å². The Morgan fingerprint density at radius 3 is 1.15 bits per heavy atom. The van der Waals surface area contributed by atoms with Crippen LogP contribution < -0.4 is 5.32 Å². The number of nitrogens with one attached hydrogen (secondary N) is 1. The second-order valence-electron chi connectivity index (χ2n) is 13.6. The van der Waals surface area contributed by atoms with E-state index in [1.54, 1.807) is 20.8 Å². The van der Waals surface area contributed by atoms with Gasteiger partial charge in [-0.3, -0.25) is 19.2 Å². The Morgan fingerprint density at radius 1 is 0.491 bits per heavy atom. The summed E-state index contributed by atoms with van der Waals surface area (Å²) in [5.74, 6) is -1.49. The van der Waals surface area contributed by atoms with Gasteiger partial charge in [-0.2, -0.15) is 0 Å². The van der Waals surface area contributed by atoms with Crippen molar-refractivity contribution in [2.45, 2.75) is 71.3 Å². The lowest BCUT2D eigenvalue weighted by Crippen LogP contribution is -2.37. The van der Waals surface area contributed by atoms with Gasteiger partial charge in [0.15, 0.2) is 0 Å². The molecule has 2 N–H and O–H groups in total. The third-order valence-electron chi connectivity index (χ3n) is 7.75. The maximum absolute atomic E-state index is 12.3. The lowest BCUT2D eigenvalue weighted by atomic mass is 10.2. The van der Waals surface area contributed by atoms with E-state index in [1.165, 1.54) is 21.3 Å². The second-order valence-corrected chi connectivity index (χ2v) is 13.6. The van der Waals surface area contributed by atoms with E-state index in [4.69, 9.17) is 43.0 Å². The van der Waals surface area contributed by atoms with Crippen LogP contribution in [-0.4, -0.2) is 195 Å². The molecular formula is C37H70N4O14. The minimum absolute atomic E-state index is 0.0726. The summed E-state index contributed by atoms with van der Waals surface area (Å²) in [6.07, 6.45) is 2.19. The van der Waals surface area contributed by atoms with Crippen molar-refractivity contribution >= 4 is 30.0 Å². The van der Waals surface area contributed by atoms with E-state index in [2.05, 4.69) is 10.2 Å². The van der Waals surface area contributed by atoms with E-state index in [0.29, 0.717) is 98.1 Å². The molecule has 0 fully saturated rings. The zero-order chi connectivity index (χ0) is 41.2.